The fraction of sp³-hybridized carbons (Fsp3) is 0.467. The Bertz CT molecular complexity index is 639. The van der Waals surface area contributed by atoms with E-state index in [1.807, 2.05) is 0 Å². The molecule has 0 bridgehead atoms. The van der Waals surface area contributed by atoms with Gasteiger partial charge < -0.3 is 10.4 Å². The van der Waals surface area contributed by atoms with Crippen LogP contribution in [-0.2, 0) is 24.8 Å². The zero-order chi connectivity index (χ0) is 17.0. The Morgan fingerprint density at radius 2 is 1.77 bits per heavy atom. The highest BCUT2D eigenvalue weighted by Crippen LogP contribution is 2.23. The van der Waals surface area contributed by atoms with Gasteiger partial charge in [0.1, 0.15) is 11.2 Å². The molecular weight excluding hydrogens is 306 g/mol. The molecule has 0 saturated carbocycles. The van der Waals surface area contributed by atoms with Gasteiger partial charge in [-0.2, -0.15) is 0 Å². The average molecular weight is 327 g/mol. The normalized spacial score (nSPS) is 14.4. The Morgan fingerprint density at radius 1 is 1.23 bits per heavy atom. The minimum atomic E-state index is -3.51. The van der Waals surface area contributed by atoms with E-state index in [1.165, 1.54) is 20.8 Å². The highest BCUT2D eigenvalue weighted by Gasteiger charge is 2.36. The van der Waals surface area contributed by atoms with E-state index in [9.17, 15) is 23.1 Å². The standard InChI is InChI=1S/C15H21NO5S/c1-11(2)22(20,21)9-13(17)16-10-15(3,14(18)19)12-7-5-4-6-8-12/h4-8,11H,9-10H2,1-3H3,(H,16,17)(H,18,19). The largest absolute Gasteiger partial charge is 0.481 e. The summed E-state index contributed by atoms with van der Waals surface area (Å²) in [6.07, 6.45) is 0. The molecule has 0 radical (unpaired) electrons. The number of sulfone groups is 1. The molecule has 7 heteroatoms. The van der Waals surface area contributed by atoms with Crippen molar-refractivity contribution in [3.63, 3.8) is 0 Å². The summed E-state index contributed by atoms with van der Waals surface area (Å²) >= 11 is 0. The van der Waals surface area contributed by atoms with Gasteiger partial charge in [0, 0.05) is 6.54 Å². The fourth-order valence-corrected chi connectivity index (χ4v) is 2.58. The number of carbonyl (C=O) groups excluding carboxylic acids is 1. The first-order valence-corrected chi connectivity index (χ1v) is 8.58. The second-order valence-electron chi connectivity index (χ2n) is 5.64. The molecule has 0 saturated heterocycles. The number of carbonyl (C=O) groups is 2. The summed E-state index contributed by atoms with van der Waals surface area (Å²) in [4.78, 5) is 23.3. The number of benzene rings is 1. The van der Waals surface area contributed by atoms with Crippen LogP contribution in [0.2, 0.25) is 0 Å². The molecule has 1 aromatic rings. The molecule has 0 aliphatic carbocycles. The van der Waals surface area contributed by atoms with Crippen LogP contribution in [0.3, 0.4) is 0 Å². The first-order chi connectivity index (χ1) is 10.1. The van der Waals surface area contributed by atoms with Gasteiger partial charge in [-0.05, 0) is 26.3 Å². The predicted molar refractivity (Wildman–Crippen MR) is 83.4 cm³/mol. The van der Waals surface area contributed by atoms with E-state index in [0.717, 1.165) is 0 Å². The smallest absolute Gasteiger partial charge is 0.315 e. The molecule has 1 amide bonds. The third-order valence-corrected chi connectivity index (χ3v) is 5.67. The molecule has 0 fully saturated rings. The Labute approximate surface area is 130 Å². The molecule has 0 aromatic heterocycles. The lowest BCUT2D eigenvalue weighted by Gasteiger charge is -2.25. The molecule has 1 aromatic carbocycles. The van der Waals surface area contributed by atoms with Crippen LogP contribution < -0.4 is 5.32 Å². The molecule has 122 valence electrons. The summed E-state index contributed by atoms with van der Waals surface area (Å²) in [5.41, 5.74) is -0.784. The summed E-state index contributed by atoms with van der Waals surface area (Å²) in [6.45, 7) is 4.29. The molecule has 1 unspecified atom stereocenters. The number of rotatable bonds is 7. The topological polar surface area (TPSA) is 101 Å². The predicted octanol–water partition coefficient (Wildman–Crippen LogP) is 0.968. The quantitative estimate of drug-likeness (QED) is 0.777. The second-order valence-corrected chi connectivity index (χ2v) is 8.19. The van der Waals surface area contributed by atoms with Crippen LogP contribution in [0.15, 0.2) is 30.3 Å². The SMILES string of the molecule is CC(C)S(=O)(=O)CC(=O)NCC(C)(C(=O)O)c1ccccc1. The lowest BCUT2D eigenvalue weighted by atomic mass is 9.82. The molecule has 1 atom stereocenters. The first-order valence-electron chi connectivity index (χ1n) is 6.87. The van der Waals surface area contributed by atoms with Crippen molar-refractivity contribution in [2.24, 2.45) is 0 Å². The number of hydrogen-bond donors (Lipinski definition) is 2. The van der Waals surface area contributed by atoms with Crippen LogP contribution in [-0.4, -0.2) is 42.9 Å². The Morgan fingerprint density at radius 3 is 2.23 bits per heavy atom. The van der Waals surface area contributed by atoms with Crippen LogP contribution in [0.25, 0.3) is 0 Å². The zero-order valence-corrected chi connectivity index (χ0v) is 13.7. The maximum atomic E-state index is 11.8. The molecule has 0 heterocycles. The second kappa shape index (κ2) is 6.91. The van der Waals surface area contributed by atoms with Gasteiger partial charge >= 0.3 is 5.97 Å². The maximum Gasteiger partial charge on any atom is 0.315 e. The van der Waals surface area contributed by atoms with Crippen LogP contribution >= 0.6 is 0 Å². The molecule has 22 heavy (non-hydrogen) atoms. The third kappa shape index (κ3) is 4.30. The molecule has 0 aliphatic rings. The Kier molecular flexibility index (Phi) is 5.71. The lowest BCUT2D eigenvalue weighted by Crippen LogP contribution is -2.46. The molecule has 1 rings (SSSR count). The van der Waals surface area contributed by atoms with E-state index in [4.69, 9.17) is 0 Å². The zero-order valence-electron chi connectivity index (χ0n) is 12.9. The summed E-state index contributed by atoms with van der Waals surface area (Å²) in [5.74, 6) is -2.43. The van der Waals surface area contributed by atoms with Gasteiger partial charge in [0.2, 0.25) is 5.91 Å². The molecule has 6 nitrogen and oxygen atoms in total. The number of carboxylic acids is 1. The Hall–Kier alpha value is -1.89. The van der Waals surface area contributed by atoms with Gasteiger partial charge in [0.15, 0.2) is 9.84 Å². The van der Waals surface area contributed by atoms with Crippen molar-refractivity contribution in [2.45, 2.75) is 31.4 Å². The number of carboxylic acid groups (broad SMARTS) is 1. The molecular formula is C15H21NO5S. The van der Waals surface area contributed by atoms with E-state index in [0.29, 0.717) is 5.56 Å². The highest BCUT2D eigenvalue weighted by molar-refractivity contribution is 7.92. The summed E-state index contributed by atoms with van der Waals surface area (Å²) < 4.78 is 23.4. The van der Waals surface area contributed by atoms with Crippen molar-refractivity contribution >= 4 is 21.7 Å². The van der Waals surface area contributed by atoms with E-state index >= 15 is 0 Å². The minimum Gasteiger partial charge on any atom is -0.481 e. The van der Waals surface area contributed by atoms with Crippen molar-refractivity contribution in [3.05, 3.63) is 35.9 Å². The van der Waals surface area contributed by atoms with Crippen LogP contribution in [0.1, 0.15) is 26.3 Å². The fourth-order valence-electron chi connectivity index (χ4n) is 1.78. The van der Waals surface area contributed by atoms with Gasteiger partial charge in [-0.1, -0.05) is 30.3 Å². The Balaban J connectivity index is 2.83. The van der Waals surface area contributed by atoms with E-state index in [2.05, 4.69) is 5.32 Å². The highest BCUT2D eigenvalue weighted by atomic mass is 32.2. The lowest BCUT2D eigenvalue weighted by molar-refractivity contribution is -0.143. The summed E-state index contributed by atoms with van der Waals surface area (Å²) in [7, 11) is -3.51. The van der Waals surface area contributed by atoms with Gasteiger partial charge in [-0.25, -0.2) is 8.42 Å². The third-order valence-electron chi connectivity index (χ3n) is 3.57. The molecule has 0 aliphatic heterocycles. The monoisotopic (exact) mass is 327 g/mol. The van der Waals surface area contributed by atoms with Crippen molar-refractivity contribution < 1.29 is 23.1 Å². The van der Waals surface area contributed by atoms with Crippen LogP contribution in [0.5, 0.6) is 0 Å². The number of amides is 1. The van der Waals surface area contributed by atoms with E-state index < -0.39 is 38.1 Å². The van der Waals surface area contributed by atoms with Gasteiger partial charge in [-0.15, -0.1) is 0 Å². The summed E-state index contributed by atoms with van der Waals surface area (Å²) in [6, 6.07) is 8.50. The van der Waals surface area contributed by atoms with Gasteiger partial charge in [0.05, 0.1) is 5.25 Å². The minimum absolute atomic E-state index is 0.182. The maximum absolute atomic E-state index is 11.8. The van der Waals surface area contributed by atoms with Crippen molar-refractivity contribution in [1.29, 1.82) is 0 Å². The van der Waals surface area contributed by atoms with Crippen molar-refractivity contribution in [3.8, 4) is 0 Å². The number of aliphatic carboxylic acids is 1. The number of nitrogens with one attached hydrogen (secondary N) is 1. The van der Waals surface area contributed by atoms with Gasteiger partial charge in [-0.3, -0.25) is 9.59 Å². The molecule has 2 N–H and O–H groups in total. The van der Waals surface area contributed by atoms with Crippen molar-refractivity contribution in [1.82, 2.24) is 5.32 Å². The van der Waals surface area contributed by atoms with Crippen LogP contribution in [0, 0.1) is 0 Å². The van der Waals surface area contributed by atoms with E-state index in [1.54, 1.807) is 30.3 Å². The van der Waals surface area contributed by atoms with Crippen LogP contribution in [0.4, 0.5) is 0 Å². The average Bonchev–Trinajstić information content (AvgIpc) is 2.44. The van der Waals surface area contributed by atoms with Crippen molar-refractivity contribution in [2.75, 3.05) is 12.3 Å². The molecule has 0 spiro atoms. The number of hydrogen-bond acceptors (Lipinski definition) is 4. The summed E-state index contributed by atoms with van der Waals surface area (Å²) in [5, 5.41) is 11.2. The van der Waals surface area contributed by atoms with E-state index in [-0.39, 0.29) is 6.54 Å². The first kappa shape index (κ1) is 18.2. The van der Waals surface area contributed by atoms with Gasteiger partial charge in [0.25, 0.3) is 0 Å².